The Bertz CT molecular complexity index is 112. The predicted molar refractivity (Wildman–Crippen MR) is 31.6 cm³/mol. The summed E-state index contributed by atoms with van der Waals surface area (Å²) in [6.07, 6.45) is -0.259. The SMILES string of the molecule is CCOC(=O)C1NCN1. The van der Waals surface area contributed by atoms with Crippen LogP contribution in [0, 0.1) is 0 Å². The Balaban J connectivity index is 2.16. The summed E-state index contributed by atoms with van der Waals surface area (Å²) >= 11 is 0. The van der Waals surface area contributed by atoms with E-state index in [1.54, 1.807) is 6.92 Å². The Morgan fingerprint density at radius 3 is 2.78 bits per heavy atom. The topological polar surface area (TPSA) is 50.4 Å². The molecule has 0 atom stereocenters. The Hall–Kier alpha value is -0.610. The van der Waals surface area contributed by atoms with E-state index in [1.165, 1.54) is 0 Å². The second-order valence-corrected chi connectivity index (χ2v) is 1.77. The quantitative estimate of drug-likeness (QED) is 0.472. The van der Waals surface area contributed by atoms with Crippen LogP contribution in [0.3, 0.4) is 0 Å². The van der Waals surface area contributed by atoms with Crippen LogP contribution in [0.5, 0.6) is 0 Å². The van der Waals surface area contributed by atoms with Crippen LogP contribution in [0.25, 0.3) is 0 Å². The molecule has 0 unspecified atom stereocenters. The zero-order chi connectivity index (χ0) is 6.69. The molecule has 1 aliphatic rings. The third-order valence-corrected chi connectivity index (χ3v) is 1.13. The lowest BCUT2D eigenvalue weighted by Crippen LogP contribution is -2.63. The molecule has 0 aliphatic carbocycles. The lowest BCUT2D eigenvalue weighted by atomic mass is 10.4. The average Bonchev–Trinajstić information content (AvgIpc) is 1.60. The third kappa shape index (κ3) is 1.40. The number of carbonyl (C=O) groups is 1. The van der Waals surface area contributed by atoms with Gasteiger partial charge >= 0.3 is 5.97 Å². The number of ether oxygens (including phenoxy) is 1. The molecule has 0 aromatic rings. The summed E-state index contributed by atoms with van der Waals surface area (Å²) in [6, 6.07) is 0. The van der Waals surface area contributed by atoms with E-state index >= 15 is 0 Å². The van der Waals surface area contributed by atoms with Crippen molar-refractivity contribution in [1.82, 2.24) is 10.6 Å². The summed E-state index contributed by atoms with van der Waals surface area (Å²) < 4.78 is 4.68. The second-order valence-electron chi connectivity index (χ2n) is 1.77. The molecule has 0 saturated carbocycles. The Labute approximate surface area is 53.6 Å². The van der Waals surface area contributed by atoms with Gasteiger partial charge in [-0.05, 0) is 6.92 Å². The van der Waals surface area contributed by atoms with Crippen molar-refractivity contribution in [2.75, 3.05) is 13.3 Å². The van der Waals surface area contributed by atoms with Gasteiger partial charge in [0.25, 0.3) is 0 Å². The van der Waals surface area contributed by atoms with Crippen molar-refractivity contribution in [3.8, 4) is 0 Å². The third-order valence-electron chi connectivity index (χ3n) is 1.13. The lowest BCUT2D eigenvalue weighted by Gasteiger charge is -2.26. The van der Waals surface area contributed by atoms with E-state index in [0.717, 1.165) is 0 Å². The molecule has 1 rings (SSSR count). The predicted octanol–water partition coefficient (Wildman–Crippen LogP) is -0.974. The molecule has 4 nitrogen and oxygen atoms in total. The smallest absolute Gasteiger partial charge is 0.338 e. The van der Waals surface area contributed by atoms with Crippen LogP contribution in [0.4, 0.5) is 0 Å². The molecule has 0 aromatic carbocycles. The van der Waals surface area contributed by atoms with Gasteiger partial charge < -0.3 is 4.74 Å². The van der Waals surface area contributed by atoms with E-state index in [1.807, 2.05) is 0 Å². The van der Waals surface area contributed by atoms with E-state index < -0.39 is 0 Å². The van der Waals surface area contributed by atoms with E-state index in [9.17, 15) is 4.79 Å². The molecular weight excluding hydrogens is 120 g/mol. The lowest BCUT2D eigenvalue weighted by molar-refractivity contribution is -0.148. The number of rotatable bonds is 2. The van der Waals surface area contributed by atoms with Crippen molar-refractivity contribution < 1.29 is 9.53 Å². The van der Waals surface area contributed by atoms with Gasteiger partial charge in [0.15, 0.2) is 6.17 Å². The molecule has 9 heavy (non-hydrogen) atoms. The molecule has 4 heteroatoms. The number of esters is 1. The first kappa shape index (κ1) is 6.51. The highest BCUT2D eigenvalue weighted by atomic mass is 16.5. The van der Waals surface area contributed by atoms with Crippen molar-refractivity contribution in [3.63, 3.8) is 0 Å². The second kappa shape index (κ2) is 2.80. The standard InChI is InChI=1S/C5H10N2O2/c1-2-9-5(8)4-6-3-7-4/h4,6-7H,2-3H2,1H3. The molecule has 0 bridgehead atoms. The van der Waals surface area contributed by atoms with Crippen molar-refractivity contribution in [2.24, 2.45) is 0 Å². The summed E-state index contributed by atoms with van der Waals surface area (Å²) in [5, 5.41) is 5.69. The van der Waals surface area contributed by atoms with Gasteiger partial charge in [-0.1, -0.05) is 0 Å². The summed E-state index contributed by atoms with van der Waals surface area (Å²) in [5.74, 6) is -0.219. The van der Waals surface area contributed by atoms with Crippen molar-refractivity contribution >= 4 is 5.97 Å². The van der Waals surface area contributed by atoms with Crippen LogP contribution in [-0.2, 0) is 9.53 Å². The minimum absolute atomic E-state index is 0.219. The molecule has 52 valence electrons. The Kier molecular flexibility index (Phi) is 2.02. The molecule has 1 heterocycles. The maximum absolute atomic E-state index is 10.7. The largest absolute Gasteiger partial charge is 0.464 e. The fourth-order valence-corrected chi connectivity index (χ4v) is 0.596. The molecule has 0 aromatic heterocycles. The number of carbonyl (C=O) groups excluding carboxylic acids is 1. The molecule has 0 radical (unpaired) electrons. The van der Waals surface area contributed by atoms with Gasteiger partial charge in [-0.2, -0.15) is 0 Å². The molecule has 1 fully saturated rings. The Morgan fingerprint density at radius 2 is 2.44 bits per heavy atom. The van der Waals surface area contributed by atoms with Crippen molar-refractivity contribution in [2.45, 2.75) is 13.1 Å². The first-order valence-corrected chi connectivity index (χ1v) is 2.98. The number of nitrogens with one attached hydrogen (secondary N) is 2. The van der Waals surface area contributed by atoms with Crippen LogP contribution in [0.15, 0.2) is 0 Å². The van der Waals surface area contributed by atoms with Crippen LogP contribution < -0.4 is 10.6 Å². The molecule has 2 N–H and O–H groups in total. The first-order valence-electron chi connectivity index (χ1n) is 2.98. The number of hydrogen-bond acceptors (Lipinski definition) is 4. The maximum atomic E-state index is 10.7. The zero-order valence-electron chi connectivity index (χ0n) is 5.31. The van der Waals surface area contributed by atoms with Gasteiger partial charge in [0.05, 0.1) is 6.61 Å². The van der Waals surface area contributed by atoms with E-state index in [4.69, 9.17) is 0 Å². The van der Waals surface area contributed by atoms with E-state index in [-0.39, 0.29) is 12.1 Å². The first-order chi connectivity index (χ1) is 4.34. The van der Waals surface area contributed by atoms with Crippen molar-refractivity contribution in [3.05, 3.63) is 0 Å². The van der Waals surface area contributed by atoms with Gasteiger partial charge in [-0.3, -0.25) is 10.6 Å². The van der Waals surface area contributed by atoms with Gasteiger partial charge in [0.1, 0.15) is 0 Å². The van der Waals surface area contributed by atoms with E-state index in [0.29, 0.717) is 13.3 Å². The minimum atomic E-state index is -0.259. The van der Waals surface area contributed by atoms with Crippen LogP contribution >= 0.6 is 0 Å². The van der Waals surface area contributed by atoms with Crippen LogP contribution in [0.1, 0.15) is 6.92 Å². The molecule has 0 amide bonds. The summed E-state index contributed by atoms with van der Waals surface area (Å²) in [4.78, 5) is 10.7. The van der Waals surface area contributed by atoms with Gasteiger partial charge in [0.2, 0.25) is 0 Å². The highest BCUT2D eigenvalue weighted by molar-refractivity contribution is 5.76. The summed E-state index contributed by atoms with van der Waals surface area (Å²) in [6.45, 7) is 2.93. The normalized spacial score (nSPS) is 18.8. The fourth-order valence-electron chi connectivity index (χ4n) is 0.596. The van der Waals surface area contributed by atoms with Crippen LogP contribution in [-0.4, -0.2) is 25.4 Å². The summed E-state index contributed by atoms with van der Waals surface area (Å²) in [5.41, 5.74) is 0. The van der Waals surface area contributed by atoms with Gasteiger partial charge in [-0.25, -0.2) is 4.79 Å². The highest BCUT2D eigenvalue weighted by Crippen LogP contribution is 1.89. The zero-order valence-corrected chi connectivity index (χ0v) is 5.31. The Morgan fingerprint density at radius 1 is 1.78 bits per heavy atom. The van der Waals surface area contributed by atoms with Crippen molar-refractivity contribution in [1.29, 1.82) is 0 Å². The van der Waals surface area contributed by atoms with Gasteiger partial charge in [0, 0.05) is 6.67 Å². The molecule has 1 aliphatic heterocycles. The molecule has 1 saturated heterocycles. The minimum Gasteiger partial charge on any atom is -0.464 e. The van der Waals surface area contributed by atoms with Gasteiger partial charge in [-0.15, -0.1) is 0 Å². The monoisotopic (exact) mass is 130 g/mol. The fraction of sp³-hybridized carbons (Fsp3) is 0.800. The van der Waals surface area contributed by atoms with E-state index in [2.05, 4.69) is 15.4 Å². The summed E-state index contributed by atoms with van der Waals surface area (Å²) in [7, 11) is 0. The molecular formula is C5H10N2O2. The van der Waals surface area contributed by atoms with Crippen LogP contribution in [0.2, 0.25) is 0 Å². The number of hydrogen-bond donors (Lipinski definition) is 2. The maximum Gasteiger partial charge on any atom is 0.338 e. The average molecular weight is 130 g/mol. The molecule has 0 spiro atoms. The highest BCUT2D eigenvalue weighted by Gasteiger charge is 2.24.